The molecule has 4 heterocycles. The van der Waals surface area contributed by atoms with Crippen LogP contribution in [0.4, 0.5) is 0 Å². The second kappa shape index (κ2) is 8.02. The van der Waals surface area contributed by atoms with Crippen molar-refractivity contribution in [1.82, 2.24) is 29.9 Å². The van der Waals surface area contributed by atoms with Gasteiger partial charge < -0.3 is 10.1 Å². The summed E-state index contributed by atoms with van der Waals surface area (Å²) in [7, 11) is 0. The first-order valence-electron chi connectivity index (χ1n) is 10.6. The number of rotatable bonds is 5. The van der Waals surface area contributed by atoms with Gasteiger partial charge in [0.1, 0.15) is 17.8 Å². The summed E-state index contributed by atoms with van der Waals surface area (Å²) < 4.78 is 9.87. The van der Waals surface area contributed by atoms with E-state index in [0.29, 0.717) is 26.1 Å². The van der Waals surface area contributed by atoms with Crippen LogP contribution in [0, 0.1) is 12.8 Å². The number of amides is 1. The van der Waals surface area contributed by atoms with E-state index >= 15 is 0 Å². The van der Waals surface area contributed by atoms with Crippen LogP contribution in [0.5, 0.6) is 0 Å². The van der Waals surface area contributed by atoms with Crippen molar-refractivity contribution in [3.63, 3.8) is 0 Å². The minimum Gasteiger partial charge on any atom is -0.371 e. The van der Waals surface area contributed by atoms with Crippen LogP contribution in [0.1, 0.15) is 41.9 Å². The van der Waals surface area contributed by atoms with Gasteiger partial charge in [-0.1, -0.05) is 30.3 Å². The van der Waals surface area contributed by atoms with E-state index in [-0.39, 0.29) is 24.0 Å². The highest BCUT2D eigenvalue weighted by Gasteiger charge is 2.38. The SMILES string of the molecule is Cc1nc2n(n1)C[C@@H](NC(=O)[C@H]1CCO[C@@H]1c1ccnn1Cc1ccccc1)CC2. The molecule has 2 aromatic heterocycles. The number of benzene rings is 1. The van der Waals surface area contributed by atoms with Crippen LogP contribution in [-0.2, 0) is 29.0 Å². The fourth-order valence-electron chi connectivity index (χ4n) is 4.48. The lowest BCUT2D eigenvalue weighted by Crippen LogP contribution is -2.44. The van der Waals surface area contributed by atoms with Gasteiger partial charge in [0, 0.05) is 25.3 Å². The minimum absolute atomic E-state index is 0.0512. The molecule has 0 saturated carbocycles. The van der Waals surface area contributed by atoms with Gasteiger partial charge in [-0.2, -0.15) is 10.2 Å². The van der Waals surface area contributed by atoms with E-state index in [9.17, 15) is 4.79 Å². The number of carbonyl (C=O) groups excluding carboxylic acids is 1. The van der Waals surface area contributed by atoms with Gasteiger partial charge in [-0.05, 0) is 31.4 Å². The van der Waals surface area contributed by atoms with E-state index in [4.69, 9.17) is 4.74 Å². The Bertz CT molecular complexity index is 1030. The van der Waals surface area contributed by atoms with Crippen LogP contribution < -0.4 is 5.32 Å². The van der Waals surface area contributed by atoms with Crippen molar-refractivity contribution in [2.45, 2.75) is 51.4 Å². The number of nitrogens with zero attached hydrogens (tertiary/aromatic N) is 5. The number of aryl methyl sites for hydroxylation is 2. The first-order chi connectivity index (χ1) is 14.7. The third kappa shape index (κ3) is 3.75. The summed E-state index contributed by atoms with van der Waals surface area (Å²) >= 11 is 0. The number of hydrogen-bond acceptors (Lipinski definition) is 5. The van der Waals surface area contributed by atoms with Gasteiger partial charge in [0.25, 0.3) is 0 Å². The summed E-state index contributed by atoms with van der Waals surface area (Å²) in [6.45, 7) is 3.81. The number of carbonyl (C=O) groups is 1. The maximum Gasteiger partial charge on any atom is 0.226 e. The molecule has 1 amide bonds. The van der Waals surface area contributed by atoms with Crippen molar-refractivity contribution in [2.24, 2.45) is 5.92 Å². The number of nitrogens with one attached hydrogen (secondary N) is 1. The molecule has 0 aliphatic carbocycles. The van der Waals surface area contributed by atoms with Crippen molar-refractivity contribution in [1.29, 1.82) is 0 Å². The molecule has 5 rings (SSSR count). The zero-order valence-electron chi connectivity index (χ0n) is 17.1. The van der Waals surface area contributed by atoms with Gasteiger partial charge in [-0.15, -0.1) is 0 Å². The maximum absolute atomic E-state index is 13.1. The number of aromatic nitrogens is 5. The lowest BCUT2D eigenvalue weighted by molar-refractivity contribution is -0.127. The molecule has 0 radical (unpaired) electrons. The van der Waals surface area contributed by atoms with Crippen molar-refractivity contribution in [2.75, 3.05) is 6.61 Å². The molecule has 2 aliphatic heterocycles. The molecule has 0 spiro atoms. The average Bonchev–Trinajstić information content (AvgIpc) is 3.46. The van der Waals surface area contributed by atoms with Crippen molar-refractivity contribution >= 4 is 5.91 Å². The fraction of sp³-hybridized carbons (Fsp3) is 0.455. The first kappa shape index (κ1) is 19.0. The van der Waals surface area contributed by atoms with Crippen LogP contribution >= 0.6 is 0 Å². The third-order valence-corrected chi connectivity index (χ3v) is 5.95. The van der Waals surface area contributed by atoms with Gasteiger partial charge in [0.05, 0.1) is 24.7 Å². The highest BCUT2D eigenvalue weighted by Crippen LogP contribution is 2.35. The van der Waals surface area contributed by atoms with Crippen molar-refractivity contribution in [3.8, 4) is 0 Å². The first-order valence-corrected chi connectivity index (χ1v) is 10.6. The van der Waals surface area contributed by atoms with Gasteiger partial charge in [-0.3, -0.25) is 9.48 Å². The maximum atomic E-state index is 13.1. The summed E-state index contributed by atoms with van der Waals surface area (Å²) in [6, 6.07) is 12.2. The van der Waals surface area contributed by atoms with Crippen LogP contribution in [-0.4, -0.2) is 43.1 Å². The predicted molar refractivity (Wildman–Crippen MR) is 110 cm³/mol. The summed E-state index contributed by atoms with van der Waals surface area (Å²) in [5.74, 6) is 1.63. The Morgan fingerprint density at radius 3 is 2.97 bits per heavy atom. The monoisotopic (exact) mass is 406 g/mol. The predicted octanol–water partition coefficient (Wildman–Crippen LogP) is 2.04. The Balaban J connectivity index is 1.28. The van der Waals surface area contributed by atoms with E-state index in [2.05, 4.69) is 32.6 Å². The summed E-state index contributed by atoms with van der Waals surface area (Å²) in [4.78, 5) is 17.6. The number of ether oxygens (including phenoxy) is 1. The topological polar surface area (TPSA) is 86.9 Å². The van der Waals surface area contributed by atoms with Crippen molar-refractivity contribution < 1.29 is 9.53 Å². The molecule has 1 N–H and O–H groups in total. The molecule has 1 fully saturated rings. The van der Waals surface area contributed by atoms with E-state index in [1.807, 2.05) is 40.6 Å². The largest absolute Gasteiger partial charge is 0.371 e. The van der Waals surface area contributed by atoms with Crippen molar-refractivity contribution in [3.05, 3.63) is 65.5 Å². The standard InChI is InChI=1S/C22H26N6O2/c1-15-24-20-8-7-17(14-28(20)26-15)25-22(29)18-10-12-30-21(18)19-9-11-23-27(19)13-16-5-3-2-4-6-16/h2-6,9,11,17-18,21H,7-8,10,12-14H2,1H3,(H,25,29)/t17-,18-,21-/m0/s1. The van der Waals surface area contributed by atoms with Crippen LogP contribution in [0.2, 0.25) is 0 Å². The normalized spacial score (nSPS) is 23.3. The molecule has 1 aromatic carbocycles. The minimum atomic E-state index is -0.274. The van der Waals surface area contributed by atoms with E-state index in [1.54, 1.807) is 6.20 Å². The lowest BCUT2D eigenvalue weighted by Gasteiger charge is -2.26. The summed E-state index contributed by atoms with van der Waals surface area (Å²) in [5, 5.41) is 12.1. The second-order valence-electron chi connectivity index (χ2n) is 8.09. The highest BCUT2D eigenvalue weighted by molar-refractivity contribution is 5.80. The van der Waals surface area contributed by atoms with E-state index in [0.717, 1.165) is 30.2 Å². The van der Waals surface area contributed by atoms with Gasteiger partial charge >= 0.3 is 0 Å². The fourth-order valence-corrected chi connectivity index (χ4v) is 4.48. The second-order valence-corrected chi connectivity index (χ2v) is 8.09. The molecule has 3 aromatic rings. The molecule has 2 aliphatic rings. The van der Waals surface area contributed by atoms with Crippen LogP contribution in [0.15, 0.2) is 42.6 Å². The summed E-state index contributed by atoms with van der Waals surface area (Å²) in [6.07, 6.45) is 3.94. The molecule has 30 heavy (non-hydrogen) atoms. The zero-order valence-corrected chi connectivity index (χ0v) is 17.1. The molecule has 0 bridgehead atoms. The molecular weight excluding hydrogens is 380 g/mol. The molecule has 1 saturated heterocycles. The lowest BCUT2D eigenvalue weighted by atomic mass is 9.96. The smallest absolute Gasteiger partial charge is 0.226 e. The Morgan fingerprint density at radius 1 is 1.23 bits per heavy atom. The Morgan fingerprint density at radius 2 is 2.10 bits per heavy atom. The van der Waals surface area contributed by atoms with E-state index < -0.39 is 0 Å². The molecule has 156 valence electrons. The number of fused-ring (bicyclic) bond motifs is 1. The van der Waals surface area contributed by atoms with Crippen LogP contribution in [0.3, 0.4) is 0 Å². The molecule has 3 atom stereocenters. The van der Waals surface area contributed by atoms with Crippen LogP contribution in [0.25, 0.3) is 0 Å². The summed E-state index contributed by atoms with van der Waals surface area (Å²) in [5.41, 5.74) is 2.12. The van der Waals surface area contributed by atoms with Gasteiger partial charge in [0.15, 0.2) is 0 Å². The zero-order chi connectivity index (χ0) is 20.5. The molecular formula is C22H26N6O2. The Hall–Kier alpha value is -3.00. The highest BCUT2D eigenvalue weighted by atomic mass is 16.5. The molecule has 0 unspecified atom stereocenters. The molecule has 8 nitrogen and oxygen atoms in total. The third-order valence-electron chi connectivity index (χ3n) is 5.95. The Labute approximate surface area is 175 Å². The quantitative estimate of drug-likeness (QED) is 0.701. The van der Waals surface area contributed by atoms with Gasteiger partial charge in [-0.25, -0.2) is 9.67 Å². The molecule has 8 heteroatoms. The van der Waals surface area contributed by atoms with Gasteiger partial charge in [0.2, 0.25) is 5.91 Å². The average molecular weight is 406 g/mol. The Kier molecular flexibility index (Phi) is 5.08. The van der Waals surface area contributed by atoms with E-state index in [1.165, 1.54) is 5.56 Å². The number of hydrogen-bond donors (Lipinski definition) is 1.